The van der Waals surface area contributed by atoms with Gasteiger partial charge in [-0.1, -0.05) is 49.6 Å². The molecule has 0 amide bonds. The molecule has 1 aliphatic rings. The van der Waals surface area contributed by atoms with Crippen molar-refractivity contribution in [3.05, 3.63) is 35.9 Å². The Morgan fingerprint density at radius 1 is 1.12 bits per heavy atom. The highest BCUT2D eigenvalue weighted by atomic mass is 32.2. The molecule has 0 bridgehead atoms. The zero-order chi connectivity index (χ0) is 11.2. The second-order valence-electron chi connectivity index (χ2n) is 4.49. The first-order valence-corrected chi connectivity index (χ1v) is 7.31. The minimum Gasteiger partial charge on any atom is -0.307 e. The summed E-state index contributed by atoms with van der Waals surface area (Å²) >= 11 is 1.50. The summed E-state index contributed by atoms with van der Waals surface area (Å²) in [6.07, 6.45) is 9.07. The van der Waals surface area contributed by atoms with Crippen LogP contribution in [0.1, 0.15) is 43.8 Å². The van der Waals surface area contributed by atoms with Crippen LogP contribution in [0.2, 0.25) is 0 Å². The van der Waals surface area contributed by atoms with Gasteiger partial charge in [0.1, 0.15) is 0 Å². The van der Waals surface area contributed by atoms with Gasteiger partial charge in [0.05, 0.1) is 6.10 Å². The lowest BCUT2D eigenvalue weighted by molar-refractivity contribution is 0.132. The number of hydrogen-bond donors (Lipinski definition) is 0. The van der Waals surface area contributed by atoms with Crippen molar-refractivity contribution >= 4 is 12.0 Å². The van der Waals surface area contributed by atoms with Crippen LogP contribution in [0.4, 0.5) is 0 Å². The van der Waals surface area contributed by atoms with Gasteiger partial charge in [-0.3, -0.25) is 0 Å². The van der Waals surface area contributed by atoms with E-state index >= 15 is 0 Å². The summed E-state index contributed by atoms with van der Waals surface area (Å²) in [5, 5.41) is 0. The molecule has 1 fully saturated rings. The zero-order valence-electron chi connectivity index (χ0n) is 9.89. The minimum atomic E-state index is 0.288. The highest BCUT2D eigenvalue weighted by Crippen LogP contribution is 2.38. The maximum absolute atomic E-state index is 5.88. The second-order valence-corrected chi connectivity index (χ2v) is 5.02. The topological polar surface area (TPSA) is 9.23 Å². The van der Waals surface area contributed by atoms with Crippen molar-refractivity contribution in [1.82, 2.24) is 0 Å². The van der Waals surface area contributed by atoms with Crippen LogP contribution < -0.4 is 0 Å². The monoisotopic (exact) mass is 236 g/mol. The lowest BCUT2D eigenvalue weighted by atomic mass is 9.83. The average molecular weight is 236 g/mol. The minimum absolute atomic E-state index is 0.288. The summed E-state index contributed by atoms with van der Waals surface area (Å²) in [5.41, 5.74) is 1.34. The van der Waals surface area contributed by atoms with Crippen LogP contribution in [-0.2, 0) is 4.18 Å². The first-order chi connectivity index (χ1) is 7.92. The molecule has 1 unspecified atom stereocenters. The van der Waals surface area contributed by atoms with Gasteiger partial charge in [0.25, 0.3) is 0 Å². The summed E-state index contributed by atoms with van der Waals surface area (Å²) in [6, 6.07) is 10.7. The van der Waals surface area contributed by atoms with Crippen molar-refractivity contribution in [2.45, 2.75) is 38.2 Å². The largest absolute Gasteiger partial charge is 0.307 e. The van der Waals surface area contributed by atoms with E-state index in [9.17, 15) is 0 Å². The van der Waals surface area contributed by atoms with E-state index in [-0.39, 0.29) is 6.10 Å². The summed E-state index contributed by atoms with van der Waals surface area (Å²) in [6.45, 7) is 0. The van der Waals surface area contributed by atoms with Crippen LogP contribution in [0.15, 0.2) is 30.3 Å². The van der Waals surface area contributed by atoms with Crippen LogP contribution >= 0.6 is 12.0 Å². The molecule has 2 rings (SSSR count). The number of hydrogen-bond acceptors (Lipinski definition) is 2. The van der Waals surface area contributed by atoms with Crippen LogP contribution in [0.3, 0.4) is 0 Å². The summed E-state index contributed by atoms with van der Waals surface area (Å²) < 4.78 is 5.88. The first-order valence-electron chi connectivity index (χ1n) is 6.16. The van der Waals surface area contributed by atoms with Crippen molar-refractivity contribution in [2.75, 3.05) is 6.26 Å². The lowest BCUT2D eigenvalue weighted by Crippen LogP contribution is -2.17. The van der Waals surface area contributed by atoms with Crippen molar-refractivity contribution in [3.8, 4) is 0 Å². The van der Waals surface area contributed by atoms with Gasteiger partial charge in [-0.2, -0.15) is 0 Å². The molecule has 0 N–H and O–H groups in total. The lowest BCUT2D eigenvalue weighted by Gasteiger charge is -2.29. The Bertz CT molecular complexity index is 293. The third-order valence-corrected chi connectivity index (χ3v) is 3.81. The van der Waals surface area contributed by atoms with E-state index in [2.05, 4.69) is 30.3 Å². The third-order valence-electron chi connectivity index (χ3n) is 3.41. The smallest absolute Gasteiger partial charge is 0.1000 e. The molecule has 1 aromatic rings. The van der Waals surface area contributed by atoms with E-state index in [1.54, 1.807) is 0 Å². The molecular formula is C14H20OS. The van der Waals surface area contributed by atoms with Crippen LogP contribution in [0, 0.1) is 5.92 Å². The quantitative estimate of drug-likeness (QED) is 0.706. The Hall–Kier alpha value is -0.470. The summed E-state index contributed by atoms with van der Waals surface area (Å²) in [4.78, 5) is 0. The molecule has 0 spiro atoms. The van der Waals surface area contributed by atoms with Gasteiger partial charge in [0.2, 0.25) is 0 Å². The molecule has 1 aromatic carbocycles. The Balaban J connectivity index is 2.09. The van der Waals surface area contributed by atoms with E-state index < -0.39 is 0 Å². The zero-order valence-corrected chi connectivity index (χ0v) is 10.7. The van der Waals surface area contributed by atoms with Gasteiger partial charge in [-0.25, -0.2) is 0 Å². The molecule has 16 heavy (non-hydrogen) atoms. The molecule has 1 atom stereocenters. The van der Waals surface area contributed by atoms with Crippen molar-refractivity contribution in [2.24, 2.45) is 5.92 Å². The normalized spacial score (nSPS) is 19.6. The molecule has 0 radical (unpaired) electrons. The predicted molar refractivity (Wildman–Crippen MR) is 70.4 cm³/mol. The highest BCUT2D eigenvalue weighted by Gasteiger charge is 2.25. The molecule has 88 valence electrons. The summed E-state index contributed by atoms with van der Waals surface area (Å²) in [5.74, 6) is 0.712. The van der Waals surface area contributed by atoms with Gasteiger partial charge < -0.3 is 4.18 Å². The van der Waals surface area contributed by atoms with E-state index in [4.69, 9.17) is 4.18 Å². The fraction of sp³-hybridized carbons (Fsp3) is 0.571. The fourth-order valence-corrected chi connectivity index (χ4v) is 3.07. The molecule has 1 saturated carbocycles. The van der Waals surface area contributed by atoms with E-state index in [1.807, 2.05) is 6.26 Å². The standard InChI is InChI=1S/C14H20OS/c1-16-15-14(12-8-4-2-5-9-12)13-10-6-3-7-11-13/h2,4-5,8-9,13-14H,3,6-7,10-11H2,1H3. The maximum Gasteiger partial charge on any atom is 0.1000 e. The van der Waals surface area contributed by atoms with Crippen molar-refractivity contribution in [1.29, 1.82) is 0 Å². The summed E-state index contributed by atoms with van der Waals surface area (Å²) in [7, 11) is 0. The Labute approximate surface area is 103 Å². The number of rotatable bonds is 4. The molecule has 0 aromatic heterocycles. The molecular weight excluding hydrogens is 216 g/mol. The van der Waals surface area contributed by atoms with Gasteiger partial charge in [0.15, 0.2) is 0 Å². The predicted octanol–water partition coefficient (Wildman–Crippen LogP) is 4.60. The van der Waals surface area contributed by atoms with E-state index in [0.29, 0.717) is 5.92 Å². The first kappa shape index (κ1) is 12.0. The van der Waals surface area contributed by atoms with Gasteiger partial charge in [0, 0.05) is 6.26 Å². The highest BCUT2D eigenvalue weighted by molar-refractivity contribution is 7.93. The van der Waals surface area contributed by atoms with E-state index in [0.717, 1.165) is 0 Å². The van der Waals surface area contributed by atoms with E-state index in [1.165, 1.54) is 49.7 Å². The second kappa shape index (κ2) is 6.31. The number of benzene rings is 1. The fourth-order valence-electron chi connectivity index (χ4n) is 2.59. The molecule has 0 aliphatic heterocycles. The van der Waals surface area contributed by atoms with Gasteiger partial charge >= 0.3 is 0 Å². The molecule has 2 heteroatoms. The Morgan fingerprint density at radius 2 is 1.81 bits per heavy atom. The molecule has 1 aliphatic carbocycles. The average Bonchev–Trinajstić information content (AvgIpc) is 2.38. The van der Waals surface area contributed by atoms with Crippen molar-refractivity contribution in [3.63, 3.8) is 0 Å². The van der Waals surface area contributed by atoms with Crippen LogP contribution in [0.5, 0.6) is 0 Å². The SMILES string of the molecule is CSOC(c1ccccc1)C1CCCCC1. The van der Waals surface area contributed by atoms with Gasteiger partial charge in [-0.05, 0) is 36.4 Å². The van der Waals surface area contributed by atoms with Crippen molar-refractivity contribution < 1.29 is 4.18 Å². The Kier molecular flexibility index (Phi) is 4.73. The van der Waals surface area contributed by atoms with Crippen LogP contribution in [0.25, 0.3) is 0 Å². The molecule has 1 nitrogen and oxygen atoms in total. The maximum atomic E-state index is 5.88. The third kappa shape index (κ3) is 3.02. The van der Waals surface area contributed by atoms with Gasteiger partial charge in [-0.15, -0.1) is 0 Å². The Morgan fingerprint density at radius 3 is 2.44 bits per heavy atom. The van der Waals surface area contributed by atoms with Crippen LogP contribution in [-0.4, -0.2) is 6.26 Å². The molecule has 0 saturated heterocycles. The molecule has 0 heterocycles.